The van der Waals surface area contributed by atoms with Crippen LogP contribution in [0.2, 0.25) is 5.02 Å². The normalized spacial score (nSPS) is 11.4. The van der Waals surface area contributed by atoms with Gasteiger partial charge in [-0.2, -0.15) is 13.2 Å². The van der Waals surface area contributed by atoms with Crippen molar-refractivity contribution in [1.82, 2.24) is 15.3 Å². The molecule has 0 aliphatic carbocycles. The van der Waals surface area contributed by atoms with Crippen molar-refractivity contribution < 1.29 is 27.1 Å². The fourth-order valence-corrected chi connectivity index (χ4v) is 3.46. The quantitative estimate of drug-likeness (QED) is 0.291. The molecule has 0 bridgehead atoms. The third-order valence-electron chi connectivity index (χ3n) is 4.82. The lowest BCUT2D eigenvalue weighted by molar-refractivity contribution is -0.141. The molecule has 0 saturated heterocycles. The Morgan fingerprint density at radius 1 is 1.20 bits per heavy atom. The second kappa shape index (κ2) is 11.3. The van der Waals surface area contributed by atoms with Gasteiger partial charge >= 0.3 is 6.18 Å². The number of aromatic nitrogens is 2. The van der Waals surface area contributed by atoms with Crippen LogP contribution in [-0.4, -0.2) is 36.1 Å². The van der Waals surface area contributed by atoms with Gasteiger partial charge in [0.2, 0.25) is 5.56 Å². The molecule has 1 aromatic carbocycles. The van der Waals surface area contributed by atoms with Crippen LogP contribution in [0.5, 0.6) is 5.75 Å². The molecule has 0 aliphatic heterocycles. The van der Waals surface area contributed by atoms with Gasteiger partial charge in [-0.05, 0) is 38.2 Å². The van der Waals surface area contributed by atoms with Gasteiger partial charge in [0.1, 0.15) is 11.6 Å². The van der Waals surface area contributed by atoms with E-state index in [1.807, 2.05) is 0 Å². The van der Waals surface area contributed by atoms with Gasteiger partial charge in [-0.15, -0.1) is 0 Å². The molecule has 3 aromatic rings. The third-order valence-corrected chi connectivity index (χ3v) is 5.10. The summed E-state index contributed by atoms with van der Waals surface area (Å²) in [6.07, 6.45) is -3.25. The van der Waals surface area contributed by atoms with Crippen LogP contribution in [0.4, 0.5) is 23.2 Å². The summed E-state index contributed by atoms with van der Waals surface area (Å²) in [5.41, 5.74) is -1.90. The van der Waals surface area contributed by atoms with E-state index in [-0.39, 0.29) is 35.7 Å². The molecule has 2 aromatic heterocycles. The molecule has 0 radical (unpaired) electrons. The van der Waals surface area contributed by atoms with Crippen LogP contribution in [0.3, 0.4) is 0 Å². The molecule has 2 heterocycles. The maximum atomic E-state index is 13.9. The van der Waals surface area contributed by atoms with Gasteiger partial charge in [0.15, 0.2) is 5.69 Å². The minimum absolute atomic E-state index is 0.118. The number of alkyl halides is 3. The minimum atomic E-state index is -4.87. The first-order chi connectivity index (χ1) is 16.6. The van der Waals surface area contributed by atoms with Crippen LogP contribution < -0.4 is 20.9 Å². The number of hydrogen-bond donors (Lipinski definition) is 3. The van der Waals surface area contributed by atoms with Gasteiger partial charge in [-0.25, -0.2) is 9.37 Å². The highest BCUT2D eigenvalue weighted by atomic mass is 35.5. The zero-order valence-corrected chi connectivity index (χ0v) is 19.2. The number of benzene rings is 1. The second-order valence-corrected chi connectivity index (χ2v) is 7.85. The summed E-state index contributed by atoms with van der Waals surface area (Å²) >= 11 is 5.81. The van der Waals surface area contributed by atoms with E-state index < -0.39 is 34.2 Å². The summed E-state index contributed by atoms with van der Waals surface area (Å²) in [5.74, 6) is -1.30. The second-order valence-electron chi connectivity index (χ2n) is 7.44. The highest BCUT2D eigenvalue weighted by molar-refractivity contribution is 6.31. The molecule has 0 spiro atoms. The molecule has 0 aliphatic rings. The molecular weight excluding hydrogens is 492 g/mol. The van der Waals surface area contributed by atoms with Crippen LogP contribution in [0.15, 0.2) is 47.4 Å². The third kappa shape index (κ3) is 7.03. The molecule has 0 atom stereocenters. The van der Waals surface area contributed by atoms with E-state index in [4.69, 9.17) is 16.3 Å². The Hall–Kier alpha value is -3.44. The Kier molecular flexibility index (Phi) is 8.47. The number of halogens is 5. The average Bonchev–Trinajstić information content (AvgIpc) is 2.78. The number of pyridine rings is 2. The van der Waals surface area contributed by atoms with Crippen molar-refractivity contribution in [2.45, 2.75) is 19.0 Å². The smallest absolute Gasteiger partial charge is 0.434 e. The Morgan fingerprint density at radius 2 is 1.97 bits per heavy atom. The largest absolute Gasteiger partial charge is 0.493 e. The van der Waals surface area contributed by atoms with Gasteiger partial charge < -0.3 is 20.4 Å². The van der Waals surface area contributed by atoms with Crippen molar-refractivity contribution in [1.29, 1.82) is 0 Å². The summed E-state index contributed by atoms with van der Waals surface area (Å²) in [7, 11) is 1.76. The number of hydrogen-bond acceptors (Lipinski definition) is 5. The van der Waals surface area contributed by atoms with Gasteiger partial charge in [0.25, 0.3) is 5.91 Å². The predicted molar refractivity (Wildman–Crippen MR) is 123 cm³/mol. The van der Waals surface area contributed by atoms with E-state index in [9.17, 15) is 27.2 Å². The summed E-state index contributed by atoms with van der Waals surface area (Å²) in [4.78, 5) is 30.5. The van der Waals surface area contributed by atoms with Crippen molar-refractivity contribution in [2.75, 3.05) is 25.5 Å². The van der Waals surface area contributed by atoms with E-state index in [2.05, 4.69) is 20.6 Å². The van der Waals surface area contributed by atoms with Crippen LogP contribution in [0.1, 0.15) is 33.7 Å². The number of carbonyl (C=O) groups is 1. The first-order valence-electron chi connectivity index (χ1n) is 10.4. The van der Waals surface area contributed by atoms with E-state index in [1.165, 1.54) is 18.3 Å². The van der Waals surface area contributed by atoms with Gasteiger partial charge in [-0.1, -0.05) is 17.7 Å². The molecule has 0 fully saturated rings. The number of anilines is 1. The van der Waals surface area contributed by atoms with Gasteiger partial charge in [-0.3, -0.25) is 9.59 Å². The Labute approximate surface area is 202 Å². The van der Waals surface area contributed by atoms with Crippen LogP contribution in [0, 0.1) is 5.82 Å². The molecular formula is C23H21ClF4N4O3. The average molecular weight is 513 g/mol. The monoisotopic (exact) mass is 512 g/mol. The van der Waals surface area contributed by atoms with Gasteiger partial charge in [0.05, 0.1) is 22.9 Å². The number of ether oxygens (including phenoxy) is 1. The standard InChI is InChI=1S/C23H21ClF4N4O3/c1-29-6-2-8-35-19-10-14(25)4-3-13(19)9-18-16(12-17(24)21(32-18)23(26,27)28)22(34)31-15-5-7-30-20(33)11-15/h3-5,7,10-12,29H,2,6,8-9H2,1H3,(H2,30,31,33,34). The summed E-state index contributed by atoms with van der Waals surface area (Å²) in [5, 5.41) is 4.62. The molecule has 186 valence electrons. The summed E-state index contributed by atoms with van der Waals surface area (Å²) in [6, 6.07) is 6.97. The van der Waals surface area contributed by atoms with E-state index >= 15 is 0 Å². The predicted octanol–water partition coefficient (Wildman–Crippen LogP) is 4.41. The number of rotatable bonds is 9. The number of H-pyrrole nitrogens is 1. The molecule has 0 unspecified atom stereocenters. The SMILES string of the molecule is CNCCCOc1cc(F)ccc1Cc1nc(C(F)(F)F)c(Cl)cc1C(=O)Nc1cc[nH]c(=O)c1. The lowest BCUT2D eigenvalue weighted by atomic mass is 10.0. The van der Waals surface area contributed by atoms with Crippen molar-refractivity contribution in [3.8, 4) is 5.75 Å². The van der Waals surface area contributed by atoms with Crippen molar-refractivity contribution in [3.05, 3.63) is 86.3 Å². The zero-order valence-electron chi connectivity index (χ0n) is 18.4. The maximum Gasteiger partial charge on any atom is 0.434 e. The minimum Gasteiger partial charge on any atom is -0.493 e. The van der Waals surface area contributed by atoms with Gasteiger partial charge in [0, 0.05) is 36.0 Å². The lowest BCUT2D eigenvalue weighted by Crippen LogP contribution is -2.20. The summed E-state index contributed by atoms with van der Waals surface area (Å²) < 4.78 is 60.0. The molecule has 35 heavy (non-hydrogen) atoms. The Balaban J connectivity index is 2.01. The van der Waals surface area contributed by atoms with Crippen molar-refractivity contribution in [2.24, 2.45) is 0 Å². The van der Waals surface area contributed by atoms with Crippen LogP contribution >= 0.6 is 11.6 Å². The number of nitrogens with one attached hydrogen (secondary N) is 3. The van der Waals surface area contributed by atoms with E-state index in [1.54, 1.807) is 7.05 Å². The lowest BCUT2D eigenvalue weighted by Gasteiger charge is -2.16. The highest BCUT2D eigenvalue weighted by Crippen LogP contribution is 2.35. The number of aromatic amines is 1. The molecule has 1 amide bonds. The fraction of sp³-hybridized carbons (Fsp3) is 0.261. The highest BCUT2D eigenvalue weighted by Gasteiger charge is 2.36. The molecule has 7 nitrogen and oxygen atoms in total. The number of carbonyl (C=O) groups excluding carboxylic acids is 1. The van der Waals surface area contributed by atoms with Crippen LogP contribution in [-0.2, 0) is 12.6 Å². The molecule has 12 heteroatoms. The van der Waals surface area contributed by atoms with Crippen LogP contribution in [0.25, 0.3) is 0 Å². The summed E-state index contributed by atoms with van der Waals surface area (Å²) in [6.45, 7) is 0.875. The topological polar surface area (TPSA) is 96.1 Å². The Bertz CT molecular complexity index is 1260. The zero-order chi connectivity index (χ0) is 25.6. The first kappa shape index (κ1) is 26.2. The molecule has 3 N–H and O–H groups in total. The fourth-order valence-electron chi connectivity index (χ4n) is 3.20. The maximum absolute atomic E-state index is 13.9. The van der Waals surface area contributed by atoms with E-state index in [0.29, 0.717) is 18.5 Å². The van der Waals surface area contributed by atoms with E-state index in [0.717, 1.165) is 24.3 Å². The molecule has 3 rings (SSSR count). The Morgan fingerprint density at radius 3 is 2.66 bits per heavy atom. The molecule has 0 saturated carbocycles. The first-order valence-corrected chi connectivity index (χ1v) is 10.8. The van der Waals surface area contributed by atoms with Crippen molar-refractivity contribution >= 4 is 23.2 Å². The van der Waals surface area contributed by atoms with Crippen molar-refractivity contribution in [3.63, 3.8) is 0 Å². The number of amides is 1. The number of nitrogens with zero attached hydrogens (tertiary/aromatic N) is 1.